The molecule has 8 nitrogen and oxygen atoms in total. The lowest BCUT2D eigenvalue weighted by Gasteiger charge is -2.25. The maximum absolute atomic E-state index is 12.9. The van der Waals surface area contributed by atoms with Crippen LogP contribution in [0.2, 0.25) is 0 Å². The Morgan fingerprint density at radius 3 is 2.58 bits per heavy atom. The second-order valence-electron chi connectivity index (χ2n) is 7.31. The number of hydrogen-bond acceptors (Lipinski definition) is 7. The molecular weight excluding hydrogens is 440 g/mol. The van der Waals surface area contributed by atoms with E-state index in [1.54, 1.807) is 12.5 Å². The van der Waals surface area contributed by atoms with Crippen LogP contribution in [0.15, 0.2) is 40.6 Å². The average Bonchev–Trinajstić information content (AvgIpc) is 3.29. The third-order valence-corrected chi connectivity index (χ3v) is 7.99. The van der Waals surface area contributed by atoms with Crippen LogP contribution < -0.4 is 10.1 Å². The fourth-order valence-electron chi connectivity index (χ4n) is 3.29. The number of nitrogens with one attached hydrogen (secondary N) is 1. The summed E-state index contributed by atoms with van der Waals surface area (Å²) in [6.07, 6.45) is 1.76. The first-order valence-electron chi connectivity index (χ1n) is 10.2. The standard InChI is InChI=1S/C21H28N2O6S2/c1-28-18-7-5-16(6-8-18)14-29-15-17(24)13-22-21(25)20-19(9-12-30-20)31(26,27)23-10-3-2-4-11-23/h5-9,12,17,24H,2-4,10-11,13-15H2,1H3,(H,22,25)/t17-/m0/s1. The van der Waals surface area contributed by atoms with E-state index in [0.717, 1.165) is 41.9 Å². The maximum atomic E-state index is 12.9. The van der Waals surface area contributed by atoms with Gasteiger partial charge >= 0.3 is 0 Å². The van der Waals surface area contributed by atoms with E-state index in [1.165, 1.54) is 10.4 Å². The number of ether oxygens (including phenoxy) is 2. The van der Waals surface area contributed by atoms with E-state index in [0.29, 0.717) is 19.7 Å². The first-order valence-corrected chi connectivity index (χ1v) is 12.5. The zero-order chi connectivity index (χ0) is 22.3. The van der Waals surface area contributed by atoms with Crippen LogP contribution >= 0.6 is 11.3 Å². The smallest absolute Gasteiger partial charge is 0.262 e. The molecule has 1 saturated heterocycles. The van der Waals surface area contributed by atoms with Crippen LogP contribution in [0.25, 0.3) is 0 Å². The monoisotopic (exact) mass is 468 g/mol. The molecule has 0 bridgehead atoms. The molecule has 31 heavy (non-hydrogen) atoms. The molecule has 10 heteroatoms. The van der Waals surface area contributed by atoms with Gasteiger partial charge < -0.3 is 19.9 Å². The Balaban J connectivity index is 1.48. The Bertz CT molecular complexity index is 953. The van der Waals surface area contributed by atoms with Crippen molar-refractivity contribution in [1.82, 2.24) is 9.62 Å². The number of carbonyl (C=O) groups excluding carboxylic acids is 1. The van der Waals surface area contributed by atoms with Crippen molar-refractivity contribution in [3.63, 3.8) is 0 Å². The number of nitrogens with zero attached hydrogens (tertiary/aromatic N) is 1. The molecule has 0 unspecified atom stereocenters. The van der Waals surface area contributed by atoms with Crippen molar-refractivity contribution in [2.75, 3.05) is 33.4 Å². The molecular formula is C21H28N2O6S2. The van der Waals surface area contributed by atoms with E-state index >= 15 is 0 Å². The molecule has 3 rings (SSSR count). The van der Waals surface area contributed by atoms with Gasteiger partial charge in [0.05, 0.1) is 26.4 Å². The molecule has 2 heterocycles. The number of piperidine rings is 1. The molecule has 2 N–H and O–H groups in total. The van der Waals surface area contributed by atoms with E-state index < -0.39 is 22.0 Å². The van der Waals surface area contributed by atoms with Gasteiger partial charge in [0.15, 0.2) is 0 Å². The molecule has 1 aromatic heterocycles. The van der Waals surface area contributed by atoms with Crippen LogP contribution in [0, 0.1) is 0 Å². The summed E-state index contributed by atoms with van der Waals surface area (Å²) in [6, 6.07) is 8.86. The van der Waals surface area contributed by atoms with Crippen LogP contribution in [0.4, 0.5) is 0 Å². The molecule has 2 aromatic rings. The number of amides is 1. The lowest BCUT2D eigenvalue weighted by Crippen LogP contribution is -2.37. The molecule has 1 aromatic carbocycles. The van der Waals surface area contributed by atoms with E-state index in [4.69, 9.17) is 9.47 Å². The van der Waals surface area contributed by atoms with Crippen molar-refractivity contribution in [3.05, 3.63) is 46.2 Å². The van der Waals surface area contributed by atoms with Crippen molar-refractivity contribution in [2.24, 2.45) is 0 Å². The fourth-order valence-corrected chi connectivity index (χ4v) is 6.13. The van der Waals surface area contributed by atoms with E-state index in [1.807, 2.05) is 24.3 Å². The van der Waals surface area contributed by atoms with Crippen LogP contribution in [-0.2, 0) is 21.4 Å². The minimum atomic E-state index is -3.70. The number of thiophene rings is 1. The predicted octanol–water partition coefficient (Wildman–Crippen LogP) is 2.24. The summed E-state index contributed by atoms with van der Waals surface area (Å²) in [5.74, 6) is 0.238. The molecule has 0 radical (unpaired) electrons. The first-order chi connectivity index (χ1) is 14.9. The highest BCUT2D eigenvalue weighted by Gasteiger charge is 2.31. The molecule has 0 spiro atoms. The van der Waals surface area contributed by atoms with Crippen LogP contribution in [0.1, 0.15) is 34.5 Å². The number of benzene rings is 1. The lowest BCUT2D eigenvalue weighted by molar-refractivity contribution is 0.0285. The van der Waals surface area contributed by atoms with E-state index in [9.17, 15) is 18.3 Å². The van der Waals surface area contributed by atoms with Crippen LogP contribution in [0.5, 0.6) is 5.75 Å². The average molecular weight is 469 g/mol. The van der Waals surface area contributed by atoms with E-state index in [-0.39, 0.29) is 22.9 Å². The van der Waals surface area contributed by atoms with Crippen molar-refractivity contribution < 1.29 is 27.8 Å². The third kappa shape index (κ3) is 6.27. The molecule has 1 aliphatic rings. The largest absolute Gasteiger partial charge is 0.497 e. The minimum Gasteiger partial charge on any atom is -0.497 e. The number of aliphatic hydroxyl groups excluding tert-OH is 1. The number of sulfonamides is 1. The van der Waals surface area contributed by atoms with Gasteiger partial charge in [0.2, 0.25) is 10.0 Å². The van der Waals surface area contributed by atoms with Crippen molar-refractivity contribution in [2.45, 2.75) is 36.9 Å². The van der Waals surface area contributed by atoms with Gasteiger partial charge in [-0.2, -0.15) is 4.31 Å². The SMILES string of the molecule is COc1ccc(COC[C@@H](O)CNC(=O)c2sccc2S(=O)(=O)N2CCCCC2)cc1. The highest BCUT2D eigenvalue weighted by molar-refractivity contribution is 7.89. The lowest BCUT2D eigenvalue weighted by atomic mass is 10.2. The van der Waals surface area contributed by atoms with Crippen molar-refractivity contribution >= 4 is 27.3 Å². The molecule has 1 aliphatic heterocycles. The number of rotatable bonds is 10. The number of hydrogen-bond donors (Lipinski definition) is 2. The summed E-state index contributed by atoms with van der Waals surface area (Å²) in [7, 11) is -2.10. The Morgan fingerprint density at radius 1 is 1.19 bits per heavy atom. The quantitative estimate of drug-likeness (QED) is 0.554. The van der Waals surface area contributed by atoms with E-state index in [2.05, 4.69) is 5.32 Å². The van der Waals surface area contributed by atoms with Gasteiger partial charge in [-0.1, -0.05) is 18.6 Å². The van der Waals surface area contributed by atoms with Crippen LogP contribution in [0.3, 0.4) is 0 Å². The molecule has 0 aliphatic carbocycles. The molecule has 1 fully saturated rings. The Labute approximate surface area is 186 Å². The maximum Gasteiger partial charge on any atom is 0.262 e. The molecule has 0 saturated carbocycles. The van der Waals surface area contributed by atoms with Gasteiger partial charge in [0.25, 0.3) is 5.91 Å². The predicted molar refractivity (Wildman–Crippen MR) is 118 cm³/mol. The van der Waals surface area contributed by atoms with Gasteiger partial charge in [0.1, 0.15) is 15.5 Å². The Hall–Kier alpha value is -1.98. The van der Waals surface area contributed by atoms with Gasteiger partial charge in [-0.05, 0) is 42.0 Å². The summed E-state index contributed by atoms with van der Waals surface area (Å²) in [4.78, 5) is 12.7. The highest BCUT2D eigenvalue weighted by atomic mass is 32.2. The molecule has 1 amide bonds. The minimum absolute atomic E-state index is 0.0298. The van der Waals surface area contributed by atoms with Gasteiger partial charge in [-0.3, -0.25) is 4.79 Å². The zero-order valence-corrected chi connectivity index (χ0v) is 19.1. The molecule has 170 valence electrons. The topological polar surface area (TPSA) is 105 Å². The summed E-state index contributed by atoms with van der Waals surface area (Å²) in [5.41, 5.74) is 0.934. The first kappa shape index (κ1) is 23.7. The third-order valence-electron chi connectivity index (χ3n) is 5.00. The summed E-state index contributed by atoms with van der Waals surface area (Å²) in [5, 5.41) is 14.3. The van der Waals surface area contributed by atoms with Gasteiger partial charge in [-0.15, -0.1) is 11.3 Å². The van der Waals surface area contributed by atoms with Crippen molar-refractivity contribution in [3.8, 4) is 5.75 Å². The van der Waals surface area contributed by atoms with Crippen molar-refractivity contribution in [1.29, 1.82) is 0 Å². The summed E-state index contributed by atoms with van der Waals surface area (Å²) >= 11 is 1.08. The summed E-state index contributed by atoms with van der Waals surface area (Å²) in [6.45, 7) is 1.27. The highest BCUT2D eigenvalue weighted by Crippen LogP contribution is 2.27. The Morgan fingerprint density at radius 2 is 1.90 bits per heavy atom. The Kier molecular flexibility index (Phi) is 8.44. The molecule has 1 atom stereocenters. The number of methoxy groups -OCH3 is 1. The summed E-state index contributed by atoms with van der Waals surface area (Å²) < 4.78 is 37.8. The van der Waals surface area contributed by atoms with Crippen LogP contribution in [-0.4, -0.2) is 63.2 Å². The van der Waals surface area contributed by atoms with Gasteiger partial charge in [-0.25, -0.2) is 8.42 Å². The number of carbonyl (C=O) groups is 1. The van der Waals surface area contributed by atoms with Gasteiger partial charge in [0, 0.05) is 19.6 Å². The second kappa shape index (κ2) is 11.1. The number of aliphatic hydroxyl groups is 1. The fraction of sp³-hybridized carbons (Fsp3) is 0.476. The normalized spacial score (nSPS) is 16.1. The second-order valence-corrected chi connectivity index (χ2v) is 10.1. The zero-order valence-electron chi connectivity index (χ0n) is 17.5.